The fourth-order valence-electron chi connectivity index (χ4n) is 5.28. The van der Waals surface area contributed by atoms with Crippen LogP contribution in [-0.4, -0.2) is 39.6 Å². The van der Waals surface area contributed by atoms with E-state index in [0.717, 1.165) is 19.3 Å². The number of carbonyl (C=O) groups is 1. The smallest absolute Gasteiger partial charge is 0.270 e. The quantitative estimate of drug-likeness (QED) is 0.648. The summed E-state index contributed by atoms with van der Waals surface area (Å²) in [6.07, 6.45) is 3.59. The molecule has 2 heterocycles. The van der Waals surface area contributed by atoms with Gasteiger partial charge in [-0.2, -0.15) is 0 Å². The highest BCUT2D eigenvalue weighted by Crippen LogP contribution is 2.67. The van der Waals surface area contributed by atoms with Gasteiger partial charge in [-0.1, -0.05) is 6.07 Å². The molecule has 3 aromatic rings. The fraction of sp³-hybridized carbons (Fsp3) is 0.455. The number of ether oxygens (including phenoxy) is 1. The van der Waals surface area contributed by atoms with Crippen LogP contribution in [0.3, 0.4) is 0 Å². The maximum Gasteiger partial charge on any atom is 0.270 e. The number of aromatic nitrogens is 3. The Labute approximate surface area is 176 Å². The van der Waals surface area contributed by atoms with Gasteiger partial charge in [-0.05, 0) is 56.4 Å². The van der Waals surface area contributed by atoms with Gasteiger partial charge in [-0.15, -0.1) is 10.2 Å². The lowest BCUT2D eigenvalue weighted by atomic mass is 9.39. The number of benzene rings is 1. The van der Waals surface area contributed by atoms with Crippen LogP contribution in [0, 0.1) is 5.82 Å². The van der Waals surface area contributed by atoms with Crippen molar-refractivity contribution in [1.82, 2.24) is 20.5 Å². The predicted molar refractivity (Wildman–Crippen MR) is 105 cm³/mol. The summed E-state index contributed by atoms with van der Waals surface area (Å²) in [5.74, 6) is 0.776. The summed E-state index contributed by atoms with van der Waals surface area (Å²) < 4.78 is 36.4. The van der Waals surface area contributed by atoms with Crippen molar-refractivity contribution in [1.29, 1.82) is 0 Å². The Balaban J connectivity index is 1.09. The van der Waals surface area contributed by atoms with Crippen LogP contribution in [0.15, 0.2) is 34.7 Å². The zero-order chi connectivity index (χ0) is 21.2. The minimum absolute atomic E-state index is 0.0680. The minimum Gasteiger partial charge on any atom is -0.424 e. The molecular formula is C22H20F2N4O3. The normalized spacial score (nSPS) is 30.9. The van der Waals surface area contributed by atoms with Crippen LogP contribution >= 0.6 is 0 Å². The monoisotopic (exact) mass is 426 g/mol. The first kappa shape index (κ1) is 18.8. The molecular weight excluding hydrogens is 406 g/mol. The number of nitrogens with zero attached hydrogens (tertiary/aromatic N) is 3. The Morgan fingerprint density at radius 1 is 1.19 bits per heavy atom. The number of amides is 1. The first-order chi connectivity index (χ1) is 15.0. The second-order valence-electron chi connectivity index (χ2n) is 9.09. The first-order valence-electron chi connectivity index (χ1n) is 10.4. The van der Waals surface area contributed by atoms with Gasteiger partial charge in [0.1, 0.15) is 11.5 Å². The van der Waals surface area contributed by atoms with E-state index in [1.54, 1.807) is 18.2 Å². The average molecular weight is 426 g/mol. The summed E-state index contributed by atoms with van der Waals surface area (Å²) in [5.41, 5.74) is 0.470. The Bertz CT molecular complexity index is 1170. The number of hydrogen-bond donors (Lipinski definition) is 1. The van der Waals surface area contributed by atoms with E-state index in [1.165, 1.54) is 12.1 Å². The molecule has 4 saturated carbocycles. The van der Waals surface area contributed by atoms with Gasteiger partial charge in [-0.25, -0.2) is 13.8 Å². The summed E-state index contributed by atoms with van der Waals surface area (Å²) in [6.45, 7) is -0.767. The van der Waals surface area contributed by atoms with E-state index in [-0.39, 0.29) is 34.7 Å². The molecule has 4 fully saturated rings. The van der Waals surface area contributed by atoms with Gasteiger partial charge in [0.25, 0.3) is 5.91 Å². The number of hydrogen-bond acceptors (Lipinski definition) is 6. The topological polar surface area (TPSA) is 90.1 Å². The van der Waals surface area contributed by atoms with Crippen molar-refractivity contribution in [2.75, 3.05) is 6.86 Å². The molecule has 0 aliphatic heterocycles. The van der Waals surface area contributed by atoms with E-state index in [9.17, 15) is 13.6 Å². The van der Waals surface area contributed by atoms with Gasteiger partial charge in [0, 0.05) is 16.8 Å². The van der Waals surface area contributed by atoms with Crippen molar-refractivity contribution < 1.29 is 22.7 Å². The fourth-order valence-corrected chi connectivity index (χ4v) is 5.28. The molecule has 4 aliphatic carbocycles. The number of pyridine rings is 1. The highest BCUT2D eigenvalue weighted by Gasteiger charge is 2.72. The molecule has 2 aromatic heterocycles. The van der Waals surface area contributed by atoms with Gasteiger partial charge in [0.2, 0.25) is 11.8 Å². The van der Waals surface area contributed by atoms with E-state index in [2.05, 4.69) is 20.5 Å². The lowest BCUT2D eigenvalue weighted by molar-refractivity contribution is -0.0977. The molecule has 1 N–H and O–H groups in total. The molecule has 0 saturated heterocycles. The lowest BCUT2D eigenvalue weighted by Gasteiger charge is -2.68. The Morgan fingerprint density at radius 3 is 2.77 bits per heavy atom. The van der Waals surface area contributed by atoms with Crippen LogP contribution in [0.5, 0.6) is 0 Å². The molecule has 0 unspecified atom stereocenters. The molecule has 7 nitrogen and oxygen atoms in total. The van der Waals surface area contributed by atoms with Crippen LogP contribution in [0.25, 0.3) is 10.9 Å². The highest BCUT2D eigenvalue weighted by atomic mass is 19.1. The van der Waals surface area contributed by atoms with Crippen LogP contribution in [-0.2, 0) is 10.2 Å². The predicted octanol–water partition coefficient (Wildman–Crippen LogP) is 3.55. The number of rotatable bonds is 6. The third kappa shape index (κ3) is 2.94. The lowest BCUT2D eigenvalue weighted by Crippen LogP contribution is -2.76. The molecule has 160 valence electrons. The number of carbonyl (C=O) groups excluding carboxylic acids is 1. The summed E-state index contributed by atoms with van der Waals surface area (Å²) in [6, 6.07) is 7.61. The van der Waals surface area contributed by atoms with E-state index in [4.69, 9.17) is 9.15 Å². The summed E-state index contributed by atoms with van der Waals surface area (Å²) in [5, 5.41) is 12.2. The van der Waals surface area contributed by atoms with Gasteiger partial charge in [0.15, 0.2) is 6.86 Å². The highest BCUT2D eigenvalue weighted by molar-refractivity contribution is 5.95. The third-order valence-electron chi connectivity index (χ3n) is 6.93. The molecule has 0 radical (unpaired) electrons. The van der Waals surface area contributed by atoms with Crippen molar-refractivity contribution in [2.24, 2.45) is 0 Å². The number of nitrogens with one attached hydrogen (secondary N) is 1. The van der Waals surface area contributed by atoms with Gasteiger partial charge >= 0.3 is 0 Å². The van der Waals surface area contributed by atoms with Crippen molar-refractivity contribution in [2.45, 2.75) is 55.1 Å². The molecule has 31 heavy (non-hydrogen) atoms. The third-order valence-corrected chi connectivity index (χ3v) is 6.93. The van der Waals surface area contributed by atoms with E-state index in [1.807, 2.05) is 0 Å². The number of fused-ring (bicyclic) bond motifs is 1. The molecule has 2 bridgehead atoms. The van der Waals surface area contributed by atoms with E-state index >= 15 is 0 Å². The molecule has 0 atom stereocenters. The summed E-state index contributed by atoms with van der Waals surface area (Å²) in [7, 11) is 0. The van der Waals surface area contributed by atoms with Crippen LogP contribution in [0.1, 0.15) is 60.3 Å². The van der Waals surface area contributed by atoms with Gasteiger partial charge in [-0.3, -0.25) is 4.79 Å². The molecule has 0 spiro atoms. The van der Waals surface area contributed by atoms with E-state index < -0.39 is 6.86 Å². The zero-order valence-electron chi connectivity index (χ0n) is 16.6. The summed E-state index contributed by atoms with van der Waals surface area (Å²) >= 11 is 0. The second kappa shape index (κ2) is 6.53. The maximum absolute atomic E-state index is 13.3. The number of alkyl halides is 1. The molecule has 7 rings (SSSR count). The van der Waals surface area contributed by atoms with Crippen LogP contribution in [0.4, 0.5) is 8.78 Å². The number of halogens is 2. The minimum atomic E-state index is -0.767. The Kier molecular flexibility index (Phi) is 3.96. The summed E-state index contributed by atoms with van der Waals surface area (Å²) in [4.78, 5) is 17.1. The van der Waals surface area contributed by atoms with Gasteiger partial charge in [0.05, 0.1) is 17.0 Å². The van der Waals surface area contributed by atoms with Crippen LogP contribution < -0.4 is 5.32 Å². The molecule has 9 heteroatoms. The van der Waals surface area contributed by atoms with Crippen molar-refractivity contribution in [3.8, 4) is 0 Å². The van der Waals surface area contributed by atoms with E-state index in [0.29, 0.717) is 41.2 Å². The standard InChI is InChI=1S/C22H20F2N4O3/c23-11-30-15-6-13(7-15)19-27-28-20(31-19)21-8-22(9-21,10-21)26-18(29)17-3-1-12-5-14(24)2-4-16(12)25-17/h1-5,13,15H,6-11H2,(H,26,29). The van der Waals surface area contributed by atoms with Gasteiger partial charge < -0.3 is 14.5 Å². The average Bonchev–Trinajstić information content (AvgIpc) is 3.14. The van der Waals surface area contributed by atoms with Crippen molar-refractivity contribution in [3.63, 3.8) is 0 Å². The zero-order valence-corrected chi connectivity index (χ0v) is 16.6. The van der Waals surface area contributed by atoms with Crippen molar-refractivity contribution in [3.05, 3.63) is 53.6 Å². The Morgan fingerprint density at radius 2 is 2.00 bits per heavy atom. The maximum atomic E-state index is 13.3. The largest absolute Gasteiger partial charge is 0.424 e. The van der Waals surface area contributed by atoms with Crippen LogP contribution in [0.2, 0.25) is 0 Å². The molecule has 4 aliphatic rings. The Hall–Kier alpha value is -2.94. The molecule has 1 aromatic carbocycles. The molecule has 1 amide bonds. The van der Waals surface area contributed by atoms with Crippen molar-refractivity contribution >= 4 is 16.8 Å². The first-order valence-corrected chi connectivity index (χ1v) is 10.4. The second-order valence-corrected chi connectivity index (χ2v) is 9.09. The SMILES string of the molecule is O=C(NC12CC(c3nnc(C4CC(OCF)C4)o3)(C1)C2)c1ccc2cc(F)ccc2n1.